The fourth-order valence-electron chi connectivity index (χ4n) is 2.21. The Balaban J connectivity index is 1.93. The van der Waals surface area contributed by atoms with E-state index in [0.717, 1.165) is 6.42 Å². The maximum Gasteiger partial charge on any atom is 0.262 e. The fourth-order valence-corrected chi connectivity index (χ4v) is 2.21. The van der Waals surface area contributed by atoms with Gasteiger partial charge >= 0.3 is 0 Å². The second kappa shape index (κ2) is 8.96. The molecular formula is C20H25NO3. The Morgan fingerprint density at radius 1 is 1.08 bits per heavy atom. The number of carbonyl (C=O) groups excluding carboxylic acids is 1. The lowest BCUT2D eigenvalue weighted by Crippen LogP contribution is -2.20. The van der Waals surface area contributed by atoms with Gasteiger partial charge < -0.3 is 14.8 Å². The highest BCUT2D eigenvalue weighted by molar-refractivity contribution is 5.93. The van der Waals surface area contributed by atoms with Gasteiger partial charge in [-0.3, -0.25) is 4.79 Å². The standard InChI is InChI=1S/C20H25NO3/c1-4-12-23-19-11-6-5-10-18(19)21-20(22)14-24-17-9-7-8-16(13-17)15(2)3/h5-11,13,15H,4,12,14H2,1-3H3,(H,21,22). The van der Waals surface area contributed by atoms with E-state index in [1.165, 1.54) is 5.56 Å². The van der Waals surface area contributed by atoms with Gasteiger partial charge in [-0.25, -0.2) is 0 Å². The first kappa shape index (κ1) is 17.9. The van der Waals surface area contributed by atoms with E-state index in [9.17, 15) is 4.79 Å². The summed E-state index contributed by atoms with van der Waals surface area (Å²) < 4.78 is 11.2. The molecular weight excluding hydrogens is 302 g/mol. The number of nitrogens with one attached hydrogen (secondary N) is 1. The lowest BCUT2D eigenvalue weighted by Gasteiger charge is -2.13. The van der Waals surface area contributed by atoms with Crippen LogP contribution in [0.2, 0.25) is 0 Å². The van der Waals surface area contributed by atoms with E-state index < -0.39 is 0 Å². The molecule has 2 aromatic carbocycles. The van der Waals surface area contributed by atoms with Gasteiger partial charge in [-0.1, -0.05) is 45.0 Å². The van der Waals surface area contributed by atoms with E-state index in [1.807, 2.05) is 49.4 Å². The molecule has 0 spiro atoms. The zero-order chi connectivity index (χ0) is 17.4. The second-order valence-electron chi connectivity index (χ2n) is 5.91. The summed E-state index contributed by atoms with van der Waals surface area (Å²) in [4.78, 5) is 12.1. The SMILES string of the molecule is CCCOc1ccccc1NC(=O)COc1cccc(C(C)C)c1. The van der Waals surface area contributed by atoms with E-state index in [2.05, 4.69) is 25.2 Å². The van der Waals surface area contributed by atoms with Gasteiger partial charge in [-0.05, 0) is 42.2 Å². The Kier molecular flexibility index (Phi) is 6.67. The van der Waals surface area contributed by atoms with Crippen LogP contribution in [-0.2, 0) is 4.79 Å². The smallest absolute Gasteiger partial charge is 0.262 e. The van der Waals surface area contributed by atoms with Crippen molar-refractivity contribution < 1.29 is 14.3 Å². The van der Waals surface area contributed by atoms with Crippen molar-refractivity contribution in [3.8, 4) is 11.5 Å². The van der Waals surface area contributed by atoms with Crippen molar-refractivity contribution in [2.45, 2.75) is 33.1 Å². The van der Waals surface area contributed by atoms with Crippen molar-refractivity contribution in [3.63, 3.8) is 0 Å². The van der Waals surface area contributed by atoms with Crippen LogP contribution in [0.1, 0.15) is 38.7 Å². The fraction of sp³-hybridized carbons (Fsp3) is 0.350. The molecule has 0 saturated carbocycles. The Morgan fingerprint density at radius 2 is 1.88 bits per heavy atom. The number of amides is 1. The van der Waals surface area contributed by atoms with Crippen molar-refractivity contribution >= 4 is 11.6 Å². The van der Waals surface area contributed by atoms with Crippen LogP contribution in [0.4, 0.5) is 5.69 Å². The second-order valence-corrected chi connectivity index (χ2v) is 5.91. The van der Waals surface area contributed by atoms with Crippen LogP contribution >= 0.6 is 0 Å². The molecule has 128 valence electrons. The van der Waals surface area contributed by atoms with Crippen molar-refractivity contribution in [3.05, 3.63) is 54.1 Å². The third-order valence-corrected chi connectivity index (χ3v) is 3.52. The highest BCUT2D eigenvalue weighted by Crippen LogP contribution is 2.24. The van der Waals surface area contributed by atoms with Gasteiger partial charge in [0.1, 0.15) is 11.5 Å². The van der Waals surface area contributed by atoms with Gasteiger partial charge in [0.2, 0.25) is 0 Å². The number of ether oxygens (including phenoxy) is 2. The minimum Gasteiger partial charge on any atom is -0.491 e. The first-order valence-corrected chi connectivity index (χ1v) is 8.34. The van der Waals surface area contributed by atoms with Crippen LogP contribution in [0.5, 0.6) is 11.5 Å². The molecule has 2 aromatic rings. The van der Waals surface area contributed by atoms with Crippen LogP contribution in [0.3, 0.4) is 0 Å². The number of benzene rings is 2. The van der Waals surface area contributed by atoms with Crippen LogP contribution in [0, 0.1) is 0 Å². The topological polar surface area (TPSA) is 47.6 Å². The molecule has 0 fully saturated rings. The Bertz CT molecular complexity index is 667. The summed E-state index contributed by atoms with van der Waals surface area (Å²) >= 11 is 0. The van der Waals surface area contributed by atoms with E-state index in [0.29, 0.717) is 29.7 Å². The van der Waals surface area contributed by atoms with Gasteiger partial charge in [-0.2, -0.15) is 0 Å². The zero-order valence-corrected chi connectivity index (χ0v) is 14.5. The molecule has 0 aromatic heterocycles. The molecule has 4 nitrogen and oxygen atoms in total. The summed E-state index contributed by atoms with van der Waals surface area (Å²) in [5.41, 5.74) is 1.85. The molecule has 24 heavy (non-hydrogen) atoms. The predicted molar refractivity (Wildman–Crippen MR) is 96.9 cm³/mol. The maximum atomic E-state index is 12.1. The Morgan fingerprint density at radius 3 is 2.62 bits per heavy atom. The highest BCUT2D eigenvalue weighted by atomic mass is 16.5. The number of carbonyl (C=O) groups is 1. The monoisotopic (exact) mass is 327 g/mol. The van der Waals surface area contributed by atoms with Gasteiger partial charge in [-0.15, -0.1) is 0 Å². The number of anilines is 1. The quantitative estimate of drug-likeness (QED) is 0.770. The molecule has 4 heteroatoms. The molecule has 0 bridgehead atoms. The van der Waals surface area contributed by atoms with Gasteiger partial charge in [0, 0.05) is 0 Å². The molecule has 0 unspecified atom stereocenters. The molecule has 1 N–H and O–H groups in total. The maximum absolute atomic E-state index is 12.1. The average molecular weight is 327 g/mol. The zero-order valence-electron chi connectivity index (χ0n) is 14.5. The summed E-state index contributed by atoms with van der Waals surface area (Å²) in [6.45, 7) is 6.87. The van der Waals surface area contributed by atoms with Crippen molar-refractivity contribution in [1.29, 1.82) is 0 Å². The van der Waals surface area contributed by atoms with Crippen LogP contribution in [0.15, 0.2) is 48.5 Å². The van der Waals surface area contributed by atoms with E-state index in [1.54, 1.807) is 0 Å². The third-order valence-electron chi connectivity index (χ3n) is 3.52. The highest BCUT2D eigenvalue weighted by Gasteiger charge is 2.09. The largest absolute Gasteiger partial charge is 0.491 e. The van der Waals surface area contributed by atoms with E-state index >= 15 is 0 Å². The van der Waals surface area contributed by atoms with Gasteiger partial charge in [0.05, 0.1) is 12.3 Å². The van der Waals surface area contributed by atoms with E-state index in [-0.39, 0.29) is 12.5 Å². The summed E-state index contributed by atoms with van der Waals surface area (Å²) in [7, 11) is 0. The van der Waals surface area contributed by atoms with Crippen molar-refractivity contribution in [2.24, 2.45) is 0 Å². The lowest BCUT2D eigenvalue weighted by molar-refractivity contribution is -0.118. The molecule has 0 aliphatic rings. The molecule has 0 aliphatic heterocycles. The van der Waals surface area contributed by atoms with Gasteiger partial charge in [0.25, 0.3) is 5.91 Å². The number of rotatable bonds is 8. The molecule has 1 amide bonds. The minimum atomic E-state index is -0.211. The predicted octanol–water partition coefficient (Wildman–Crippen LogP) is 4.62. The molecule has 0 heterocycles. The normalized spacial score (nSPS) is 10.5. The molecule has 0 radical (unpaired) electrons. The minimum absolute atomic E-state index is 0.0380. The first-order chi connectivity index (χ1) is 11.6. The number of para-hydroxylation sites is 2. The molecule has 0 aliphatic carbocycles. The van der Waals surface area contributed by atoms with Crippen molar-refractivity contribution in [1.82, 2.24) is 0 Å². The van der Waals surface area contributed by atoms with Crippen LogP contribution in [0.25, 0.3) is 0 Å². The molecule has 2 rings (SSSR count). The first-order valence-electron chi connectivity index (χ1n) is 8.34. The van der Waals surface area contributed by atoms with Gasteiger partial charge in [0.15, 0.2) is 6.61 Å². The van der Waals surface area contributed by atoms with E-state index in [4.69, 9.17) is 9.47 Å². The van der Waals surface area contributed by atoms with Crippen LogP contribution in [-0.4, -0.2) is 19.1 Å². The van der Waals surface area contributed by atoms with Crippen molar-refractivity contribution in [2.75, 3.05) is 18.5 Å². The summed E-state index contributed by atoms with van der Waals surface area (Å²) in [5.74, 6) is 1.59. The number of hydrogen-bond donors (Lipinski definition) is 1. The average Bonchev–Trinajstić information content (AvgIpc) is 2.59. The van der Waals surface area contributed by atoms with Crippen LogP contribution < -0.4 is 14.8 Å². The molecule has 0 atom stereocenters. The summed E-state index contributed by atoms with van der Waals surface area (Å²) in [6, 6.07) is 15.2. The summed E-state index contributed by atoms with van der Waals surface area (Å²) in [5, 5.41) is 2.84. The summed E-state index contributed by atoms with van der Waals surface area (Å²) in [6.07, 6.45) is 0.914. The molecule has 0 saturated heterocycles. The Labute approximate surface area is 143 Å². The third kappa shape index (κ3) is 5.30. The Hall–Kier alpha value is -2.49. The number of hydrogen-bond acceptors (Lipinski definition) is 3. The lowest BCUT2D eigenvalue weighted by atomic mass is 10.0.